The Hall–Kier alpha value is -3.27. The van der Waals surface area contributed by atoms with Crippen LogP contribution in [-0.2, 0) is 50.7 Å². The van der Waals surface area contributed by atoms with E-state index in [0.29, 0.717) is 18.7 Å². The second-order valence-electron chi connectivity index (χ2n) is 14.8. The molecule has 1 aliphatic carbocycles. The van der Waals surface area contributed by atoms with Crippen LogP contribution in [0.2, 0.25) is 0 Å². The minimum absolute atomic E-state index is 0.0284. The normalized spacial score (nSPS) is 22.3. The molecule has 3 aliphatic rings. The number of phosphoric acid groups is 3. The fourth-order valence-corrected chi connectivity index (χ4v) is 10.0. The minimum Gasteiger partial charge on any atom is -0.386 e. The first-order chi connectivity index (χ1) is 29.9. The maximum atomic E-state index is 12.7. The van der Waals surface area contributed by atoms with Crippen LogP contribution in [0.1, 0.15) is 39.3 Å². The van der Waals surface area contributed by atoms with Gasteiger partial charge in [-0.3, -0.25) is 37.5 Å². The number of aliphatic imine (C=N–C) groups is 1. The van der Waals surface area contributed by atoms with E-state index in [1.165, 1.54) is 25.6 Å². The highest BCUT2D eigenvalue weighted by Gasteiger charge is 2.50. The van der Waals surface area contributed by atoms with Crippen LogP contribution >= 0.6 is 51.2 Å². The molecule has 5 rings (SSSR count). The molecule has 2 aliphatic heterocycles. The summed E-state index contributed by atoms with van der Waals surface area (Å²) in [7, 11) is -16.4. The van der Waals surface area contributed by atoms with Crippen LogP contribution in [0.5, 0.6) is 0 Å². The Morgan fingerprint density at radius 2 is 1.77 bits per heavy atom. The number of amides is 3. The molecule has 11 N–H and O–H groups in total. The third-order valence-electron chi connectivity index (χ3n) is 9.37. The van der Waals surface area contributed by atoms with Crippen molar-refractivity contribution in [3.63, 3.8) is 0 Å². The van der Waals surface area contributed by atoms with Gasteiger partial charge >= 0.3 is 23.5 Å². The van der Waals surface area contributed by atoms with Crippen LogP contribution in [0.15, 0.2) is 51.1 Å². The Labute approximate surface area is 377 Å². The maximum absolute atomic E-state index is 12.7. The lowest BCUT2D eigenvalue weighted by Gasteiger charge is -2.30. The number of nitrogens with one attached hydrogen (secondary N) is 3. The largest absolute Gasteiger partial charge is 0.481 e. The average Bonchev–Trinajstić information content (AvgIpc) is 3.90. The number of nitrogens with two attached hydrogens (primary N) is 1. The summed E-state index contributed by atoms with van der Waals surface area (Å²) in [4.78, 5) is 92.7. The molecule has 0 bridgehead atoms. The predicted octanol–water partition coefficient (Wildman–Crippen LogP) is 0.592. The van der Waals surface area contributed by atoms with Gasteiger partial charge in [0.25, 0.3) is 0 Å². The Kier molecular flexibility index (Phi) is 17.8. The van der Waals surface area contributed by atoms with Crippen molar-refractivity contribution in [3.05, 3.63) is 46.1 Å². The standard InChI is InChI=1S/C33H47BrN9O17P3S/c1-33(2,28(47)31(48)38-8-6-23(44)37-9-10-64-14-24(45)36-7-5-18-12-39-21-4-3-19(34)11-20(18)21)15-57-63(54,55)60-62(52,53)56-13-22-27(59-61(49,50)51)26(46)32(58-22)43-17-42-25-29(35)40-16-41-30(25)43/h4,11-12,16-17,22,26-28,32,46-47H,3,5-10,13-15H2,1-2H3,(H,36,45)(H,37,44)(H,38,48)(H,52,53)(H,54,55)(H2,35,40,41)(H2,49,50,51)/t22-,26-,27-,28+,32-/m1/s1. The van der Waals surface area contributed by atoms with E-state index in [2.05, 4.69) is 60.7 Å². The number of carbonyl (C=O) groups excluding carboxylic acids is 3. The number of aromatic nitrogens is 4. The van der Waals surface area contributed by atoms with Gasteiger partial charge in [-0.2, -0.15) is 16.1 Å². The van der Waals surface area contributed by atoms with Crippen LogP contribution < -0.4 is 21.7 Å². The number of allylic oxidation sites excluding steroid dienone is 3. The fraction of sp³-hybridized carbons (Fsp3) is 0.545. The van der Waals surface area contributed by atoms with E-state index in [9.17, 15) is 57.9 Å². The number of hydrogen-bond donors (Lipinski definition) is 10. The Bertz CT molecular complexity index is 2340. The second-order valence-corrected chi connectivity index (χ2v) is 21.2. The summed E-state index contributed by atoms with van der Waals surface area (Å²) in [6.45, 7) is 0.978. The predicted molar refractivity (Wildman–Crippen MR) is 230 cm³/mol. The number of rotatable bonds is 24. The van der Waals surface area contributed by atoms with Crippen LogP contribution in [-0.4, -0.2) is 142 Å². The van der Waals surface area contributed by atoms with Crippen molar-refractivity contribution >= 4 is 92.1 Å². The SMILES string of the molecule is CC(C)(COP(=O)(O)OP(=O)(O)OC[C@H]1O[C@@H](n2cnc3c(N)ncnc32)[C@H](O)[C@@H]1OP(=O)(O)O)[C@@H](O)C(=O)NCCC(=O)NCCSCC(=O)NCCC1=C2C=C(Br)CC=C2N=C1. The summed E-state index contributed by atoms with van der Waals surface area (Å²) in [6, 6.07) is 0. The molecule has 354 valence electrons. The van der Waals surface area contributed by atoms with Crippen molar-refractivity contribution in [1.82, 2.24) is 35.5 Å². The molecule has 7 atom stereocenters. The highest BCUT2D eigenvalue weighted by atomic mass is 79.9. The summed E-state index contributed by atoms with van der Waals surface area (Å²) in [5, 5.41) is 29.4. The molecular formula is C33H47BrN9O17P3S. The van der Waals surface area contributed by atoms with E-state index in [0.717, 1.165) is 45.0 Å². The number of halogens is 1. The lowest BCUT2D eigenvalue weighted by Crippen LogP contribution is -2.46. The van der Waals surface area contributed by atoms with Crippen LogP contribution in [0.4, 0.5) is 5.82 Å². The highest BCUT2D eigenvalue weighted by Crippen LogP contribution is 2.61. The van der Waals surface area contributed by atoms with Gasteiger partial charge in [0.05, 0.1) is 31.0 Å². The van der Waals surface area contributed by atoms with Gasteiger partial charge in [0.2, 0.25) is 17.7 Å². The minimum atomic E-state index is -5.58. The van der Waals surface area contributed by atoms with Gasteiger partial charge in [-0.15, -0.1) is 0 Å². The third-order valence-corrected chi connectivity index (χ3v) is 14.0. The van der Waals surface area contributed by atoms with Crippen molar-refractivity contribution in [2.24, 2.45) is 10.4 Å². The number of aliphatic hydroxyl groups is 2. The van der Waals surface area contributed by atoms with Crippen molar-refractivity contribution < 1.29 is 80.5 Å². The first-order valence-electron chi connectivity index (χ1n) is 19.0. The number of carbonyl (C=O) groups is 3. The van der Waals surface area contributed by atoms with E-state index in [1.807, 2.05) is 18.4 Å². The number of thioether (sulfide) groups is 1. The van der Waals surface area contributed by atoms with E-state index in [4.69, 9.17) is 19.5 Å². The molecule has 4 heterocycles. The van der Waals surface area contributed by atoms with Gasteiger partial charge in [0.15, 0.2) is 17.7 Å². The first kappa shape index (κ1) is 51.7. The van der Waals surface area contributed by atoms with Gasteiger partial charge in [-0.05, 0) is 29.0 Å². The van der Waals surface area contributed by atoms with Gasteiger partial charge in [-0.25, -0.2) is 28.6 Å². The second kappa shape index (κ2) is 22.0. The van der Waals surface area contributed by atoms with Gasteiger partial charge in [0, 0.05) is 49.0 Å². The highest BCUT2D eigenvalue weighted by molar-refractivity contribution is 9.11. The summed E-state index contributed by atoms with van der Waals surface area (Å²) in [5.41, 5.74) is 7.29. The maximum Gasteiger partial charge on any atom is 0.481 e. The molecule has 2 unspecified atom stereocenters. The molecule has 1 fully saturated rings. The molecule has 0 saturated carbocycles. The topological polar surface area (TPSA) is 388 Å². The molecule has 0 radical (unpaired) electrons. The smallest absolute Gasteiger partial charge is 0.386 e. The van der Waals surface area contributed by atoms with Crippen molar-refractivity contribution in [3.8, 4) is 0 Å². The molecule has 2 aromatic heterocycles. The molecule has 0 aromatic carbocycles. The molecule has 2 aromatic rings. The summed E-state index contributed by atoms with van der Waals surface area (Å²) in [5.74, 6) is -0.969. The number of hydrogen-bond acceptors (Lipinski definition) is 19. The molecule has 31 heteroatoms. The first-order valence-corrected chi connectivity index (χ1v) is 25.5. The molecule has 26 nitrogen and oxygen atoms in total. The molecular weight excluding hydrogens is 999 g/mol. The molecule has 3 amide bonds. The summed E-state index contributed by atoms with van der Waals surface area (Å²) >= 11 is 4.83. The zero-order chi connectivity index (χ0) is 47.0. The van der Waals surface area contributed by atoms with Gasteiger partial charge in [0.1, 0.15) is 36.3 Å². The monoisotopic (exact) mass is 1050 g/mol. The fourth-order valence-electron chi connectivity index (χ4n) is 6.14. The van der Waals surface area contributed by atoms with Crippen LogP contribution in [0.3, 0.4) is 0 Å². The number of aliphatic hydroxyl groups excluding tert-OH is 2. The van der Waals surface area contributed by atoms with Crippen molar-refractivity contribution in [2.75, 3.05) is 50.1 Å². The lowest BCUT2D eigenvalue weighted by atomic mass is 9.87. The zero-order valence-corrected chi connectivity index (χ0v) is 39.0. The van der Waals surface area contributed by atoms with Crippen LogP contribution in [0.25, 0.3) is 11.2 Å². The zero-order valence-electron chi connectivity index (χ0n) is 34.0. The number of fused-ring (bicyclic) bond motifs is 2. The Balaban J connectivity index is 0.983. The number of nitrogens with zero attached hydrogens (tertiary/aromatic N) is 5. The molecule has 0 spiro atoms. The number of anilines is 1. The van der Waals surface area contributed by atoms with Gasteiger partial charge < -0.3 is 56.2 Å². The quantitative estimate of drug-likeness (QED) is 0.0508. The Morgan fingerprint density at radius 1 is 1.05 bits per heavy atom. The van der Waals surface area contributed by atoms with E-state index in [-0.39, 0.29) is 48.2 Å². The van der Waals surface area contributed by atoms with Crippen molar-refractivity contribution in [2.45, 2.75) is 63.8 Å². The Morgan fingerprint density at radius 3 is 2.50 bits per heavy atom. The number of imidazole rings is 1. The summed E-state index contributed by atoms with van der Waals surface area (Å²) in [6.07, 6.45) is 0.364. The summed E-state index contributed by atoms with van der Waals surface area (Å²) < 4.78 is 63.4. The molecule has 64 heavy (non-hydrogen) atoms. The molecule has 1 saturated heterocycles. The van der Waals surface area contributed by atoms with Crippen molar-refractivity contribution in [1.29, 1.82) is 0 Å². The van der Waals surface area contributed by atoms with E-state index < -0.39 is 84.6 Å². The van der Waals surface area contributed by atoms with Crippen LogP contribution in [0, 0.1) is 5.41 Å². The average molecular weight is 1050 g/mol. The third kappa shape index (κ3) is 14.6. The number of phosphoric ester groups is 3. The number of ether oxygens (including phenoxy) is 1. The van der Waals surface area contributed by atoms with E-state index >= 15 is 0 Å². The van der Waals surface area contributed by atoms with E-state index in [1.54, 1.807) is 0 Å². The lowest BCUT2D eigenvalue weighted by molar-refractivity contribution is -0.137. The number of nitrogen functional groups attached to an aromatic ring is 1. The van der Waals surface area contributed by atoms with Gasteiger partial charge in [-0.1, -0.05) is 35.9 Å².